The fourth-order valence-electron chi connectivity index (χ4n) is 3.12. The number of hydrogen-bond acceptors (Lipinski definition) is 3. The molecular formula is C18H28N2O2. The lowest BCUT2D eigenvalue weighted by atomic mass is 9.97. The number of carbonyl (C=O) groups is 1. The van der Waals surface area contributed by atoms with E-state index >= 15 is 0 Å². The van der Waals surface area contributed by atoms with Crippen molar-refractivity contribution in [2.24, 2.45) is 5.92 Å². The van der Waals surface area contributed by atoms with Crippen LogP contribution < -0.4 is 10.6 Å². The maximum atomic E-state index is 11.3. The molecule has 122 valence electrons. The number of carboxylic acids is 1. The minimum absolute atomic E-state index is 0.148. The van der Waals surface area contributed by atoms with Crippen molar-refractivity contribution in [3.8, 4) is 0 Å². The van der Waals surface area contributed by atoms with Gasteiger partial charge < -0.3 is 15.7 Å². The van der Waals surface area contributed by atoms with Crippen molar-refractivity contribution in [3.05, 3.63) is 29.3 Å². The summed E-state index contributed by atoms with van der Waals surface area (Å²) in [6.07, 6.45) is 3.83. The molecule has 1 heterocycles. The number of aryl methyl sites for hydroxylation is 1. The highest BCUT2D eigenvalue weighted by Gasteiger charge is 2.21. The molecule has 0 saturated heterocycles. The highest BCUT2D eigenvalue weighted by Crippen LogP contribution is 2.23. The van der Waals surface area contributed by atoms with Crippen molar-refractivity contribution in [1.29, 1.82) is 0 Å². The van der Waals surface area contributed by atoms with Crippen LogP contribution in [0.5, 0.6) is 0 Å². The summed E-state index contributed by atoms with van der Waals surface area (Å²) < 4.78 is 0. The number of benzene rings is 1. The number of fused-ring (bicyclic) bond motifs is 1. The second-order valence-corrected chi connectivity index (χ2v) is 6.81. The van der Waals surface area contributed by atoms with Gasteiger partial charge in [-0.25, -0.2) is 0 Å². The largest absolute Gasteiger partial charge is 0.480 e. The molecule has 4 nitrogen and oxygen atoms in total. The molecule has 1 aromatic carbocycles. The predicted molar refractivity (Wildman–Crippen MR) is 90.4 cm³/mol. The molecule has 1 aliphatic heterocycles. The van der Waals surface area contributed by atoms with E-state index in [4.69, 9.17) is 0 Å². The molecule has 2 atom stereocenters. The average Bonchev–Trinajstić information content (AvgIpc) is 2.45. The molecule has 0 aliphatic carbocycles. The van der Waals surface area contributed by atoms with E-state index in [2.05, 4.69) is 49.6 Å². The third kappa shape index (κ3) is 4.73. The van der Waals surface area contributed by atoms with Gasteiger partial charge in [0.2, 0.25) is 0 Å². The summed E-state index contributed by atoms with van der Waals surface area (Å²) in [6.45, 7) is 7.23. The molecule has 0 fully saturated rings. The van der Waals surface area contributed by atoms with Gasteiger partial charge in [-0.3, -0.25) is 4.79 Å². The van der Waals surface area contributed by atoms with Crippen LogP contribution in [-0.4, -0.2) is 29.7 Å². The van der Waals surface area contributed by atoms with Gasteiger partial charge in [0.1, 0.15) is 6.04 Å². The van der Waals surface area contributed by atoms with E-state index in [1.54, 1.807) is 0 Å². The molecule has 22 heavy (non-hydrogen) atoms. The topological polar surface area (TPSA) is 61.4 Å². The van der Waals surface area contributed by atoms with Gasteiger partial charge in [-0.05, 0) is 55.7 Å². The van der Waals surface area contributed by atoms with Crippen LogP contribution in [0.1, 0.15) is 44.7 Å². The minimum Gasteiger partial charge on any atom is -0.480 e. The Morgan fingerprint density at radius 2 is 2.14 bits per heavy atom. The molecule has 0 spiro atoms. The van der Waals surface area contributed by atoms with Crippen LogP contribution in [0.2, 0.25) is 0 Å². The fourth-order valence-corrected chi connectivity index (χ4v) is 3.12. The normalized spacial score (nSPS) is 16.7. The summed E-state index contributed by atoms with van der Waals surface area (Å²) in [4.78, 5) is 11.3. The van der Waals surface area contributed by atoms with Crippen molar-refractivity contribution in [2.75, 3.05) is 11.9 Å². The zero-order valence-electron chi connectivity index (χ0n) is 13.9. The van der Waals surface area contributed by atoms with Crippen LogP contribution in [0.4, 0.5) is 5.69 Å². The molecule has 2 rings (SSSR count). The van der Waals surface area contributed by atoms with E-state index in [-0.39, 0.29) is 6.04 Å². The van der Waals surface area contributed by atoms with Gasteiger partial charge in [-0.15, -0.1) is 0 Å². The number of anilines is 1. The summed E-state index contributed by atoms with van der Waals surface area (Å²) in [5.74, 6) is -0.384. The molecule has 0 radical (unpaired) electrons. The second kappa shape index (κ2) is 7.63. The van der Waals surface area contributed by atoms with Crippen molar-refractivity contribution in [3.63, 3.8) is 0 Å². The Morgan fingerprint density at radius 3 is 2.82 bits per heavy atom. The lowest BCUT2D eigenvalue weighted by Gasteiger charge is -2.23. The van der Waals surface area contributed by atoms with Crippen LogP contribution in [0.25, 0.3) is 0 Å². The van der Waals surface area contributed by atoms with Gasteiger partial charge in [0, 0.05) is 18.3 Å². The van der Waals surface area contributed by atoms with Gasteiger partial charge in [-0.2, -0.15) is 0 Å². The fraction of sp³-hybridized carbons (Fsp3) is 0.611. The van der Waals surface area contributed by atoms with Crippen molar-refractivity contribution >= 4 is 11.7 Å². The van der Waals surface area contributed by atoms with Crippen LogP contribution in [-0.2, 0) is 17.6 Å². The Morgan fingerprint density at radius 1 is 1.36 bits per heavy atom. The summed E-state index contributed by atoms with van der Waals surface area (Å²) in [5.41, 5.74) is 3.91. The van der Waals surface area contributed by atoms with E-state index < -0.39 is 12.0 Å². The molecule has 3 N–H and O–H groups in total. The third-order valence-corrected chi connectivity index (χ3v) is 4.14. The second-order valence-electron chi connectivity index (χ2n) is 6.81. The highest BCUT2D eigenvalue weighted by molar-refractivity contribution is 5.73. The van der Waals surface area contributed by atoms with Crippen LogP contribution >= 0.6 is 0 Å². The Kier molecular flexibility index (Phi) is 5.83. The van der Waals surface area contributed by atoms with Crippen LogP contribution in [0.3, 0.4) is 0 Å². The smallest absolute Gasteiger partial charge is 0.320 e. The molecular weight excluding hydrogens is 276 g/mol. The van der Waals surface area contributed by atoms with Gasteiger partial charge in [-0.1, -0.05) is 26.0 Å². The first kappa shape index (κ1) is 16.8. The summed E-state index contributed by atoms with van der Waals surface area (Å²) in [6, 6.07) is 6.24. The average molecular weight is 304 g/mol. The minimum atomic E-state index is -0.754. The Labute approximate surface area is 133 Å². The molecule has 2 unspecified atom stereocenters. The number of rotatable bonds is 7. The quantitative estimate of drug-likeness (QED) is 0.724. The van der Waals surface area contributed by atoms with Crippen LogP contribution in [0.15, 0.2) is 18.2 Å². The third-order valence-electron chi connectivity index (χ3n) is 4.14. The maximum absolute atomic E-state index is 11.3. The van der Waals surface area contributed by atoms with E-state index in [1.807, 2.05) is 0 Å². The molecule has 0 saturated carbocycles. The highest BCUT2D eigenvalue weighted by atomic mass is 16.4. The van der Waals surface area contributed by atoms with E-state index in [9.17, 15) is 9.90 Å². The zero-order chi connectivity index (χ0) is 16.1. The van der Waals surface area contributed by atoms with Gasteiger partial charge >= 0.3 is 5.97 Å². The number of nitrogens with one attached hydrogen (secondary N) is 2. The Balaban J connectivity index is 1.96. The van der Waals surface area contributed by atoms with Crippen molar-refractivity contribution in [2.45, 2.75) is 58.5 Å². The number of carboxylic acid groups (broad SMARTS) is 1. The summed E-state index contributed by atoms with van der Waals surface area (Å²) >= 11 is 0. The Bertz CT molecular complexity index is 514. The van der Waals surface area contributed by atoms with Crippen molar-refractivity contribution in [1.82, 2.24) is 5.32 Å². The Hall–Kier alpha value is -1.55. The molecule has 4 heteroatoms. The van der Waals surface area contributed by atoms with E-state index in [0.29, 0.717) is 12.3 Å². The summed E-state index contributed by atoms with van der Waals surface area (Å²) in [7, 11) is 0. The monoisotopic (exact) mass is 304 g/mol. The lowest BCUT2D eigenvalue weighted by molar-refractivity contribution is -0.140. The van der Waals surface area contributed by atoms with Gasteiger partial charge in [0.05, 0.1) is 0 Å². The number of aliphatic carboxylic acids is 1. The van der Waals surface area contributed by atoms with Gasteiger partial charge in [0.25, 0.3) is 0 Å². The van der Waals surface area contributed by atoms with Gasteiger partial charge in [0.15, 0.2) is 0 Å². The zero-order valence-corrected chi connectivity index (χ0v) is 13.9. The number of hydrogen-bond donors (Lipinski definition) is 3. The molecule has 0 aromatic heterocycles. The SMILES string of the molecule is CC(C)CC(NC(C)Cc1ccc2c(c1)CCCN2)C(=O)O. The molecule has 1 aliphatic rings. The molecule has 0 amide bonds. The summed E-state index contributed by atoms with van der Waals surface area (Å²) in [5, 5.41) is 16.0. The van der Waals surface area contributed by atoms with E-state index in [0.717, 1.165) is 19.4 Å². The first-order valence-electron chi connectivity index (χ1n) is 8.30. The van der Waals surface area contributed by atoms with Crippen molar-refractivity contribution < 1.29 is 9.90 Å². The first-order chi connectivity index (χ1) is 10.5. The predicted octanol–water partition coefficient (Wildman–Crippen LogP) is 3.06. The molecule has 0 bridgehead atoms. The standard InChI is InChI=1S/C18H28N2O2/c1-12(2)9-17(18(21)22)20-13(3)10-14-6-7-16-15(11-14)5-4-8-19-16/h6-7,11-13,17,19-20H,4-5,8-10H2,1-3H3,(H,21,22). The van der Waals surface area contributed by atoms with E-state index in [1.165, 1.54) is 23.2 Å². The molecule has 1 aromatic rings. The first-order valence-corrected chi connectivity index (χ1v) is 8.30. The maximum Gasteiger partial charge on any atom is 0.320 e. The van der Waals surface area contributed by atoms with Crippen LogP contribution in [0, 0.1) is 5.92 Å². The lowest BCUT2D eigenvalue weighted by Crippen LogP contribution is -2.43.